The van der Waals surface area contributed by atoms with Gasteiger partial charge >= 0.3 is 0 Å². The molecular formula is C11H15BrClNO. The van der Waals surface area contributed by atoms with Crippen LogP contribution in [0, 0.1) is 5.92 Å². The average molecular weight is 293 g/mol. The Morgan fingerprint density at radius 1 is 1.27 bits per heavy atom. The van der Waals surface area contributed by atoms with Crippen LogP contribution in [0.2, 0.25) is 0 Å². The van der Waals surface area contributed by atoms with Gasteiger partial charge < -0.3 is 10.8 Å². The summed E-state index contributed by atoms with van der Waals surface area (Å²) in [6.45, 7) is 0. The zero-order chi connectivity index (χ0) is 10.1. The van der Waals surface area contributed by atoms with Crippen LogP contribution in [0.15, 0.2) is 28.7 Å². The number of aliphatic hydroxyl groups excluding tert-OH is 1. The van der Waals surface area contributed by atoms with Crippen molar-refractivity contribution in [3.63, 3.8) is 0 Å². The highest BCUT2D eigenvalue weighted by atomic mass is 79.9. The van der Waals surface area contributed by atoms with Crippen molar-refractivity contribution in [3.8, 4) is 0 Å². The predicted octanol–water partition coefficient (Wildman–Crippen LogP) is 2.64. The molecule has 4 heteroatoms. The Morgan fingerprint density at radius 3 is 2.27 bits per heavy atom. The van der Waals surface area contributed by atoms with Gasteiger partial charge in [-0.3, -0.25) is 0 Å². The fourth-order valence-corrected chi connectivity index (χ4v) is 1.88. The summed E-state index contributed by atoms with van der Waals surface area (Å²) in [5.74, 6) is 0.425. The first-order chi connectivity index (χ1) is 6.68. The molecule has 84 valence electrons. The van der Waals surface area contributed by atoms with Crippen molar-refractivity contribution in [1.29, 1.82) is 0 Å². The van der Waals surface area contributed by atoms with Gasteiger partial charge in [0.05, 0.1) is 12.1 Å². The van der Waals surface area contributed by atoms with E-state index in [0.29, 0.717) is 5.92 Å². The van der Waals surface area contributed by atoms with Crippen molar-refractivity contribution in [2.24, 2.45) is 11.7 Å². The molecule has 0 saturated heterocycles. The molecule has 1 aromatic rings. The van der Waals surface area contributed by atoms with Crippen molar-refractivity contribution >= 4 is 28.3 Å². The Balaban J connectivity index is 0.00000112. The first-order valence-corrected chi connectivity index (χ1v) is 5.67. The smallest absolute Gasteiger partial charge is 0.0760 e. The van der Waals surface area contributed by atoms with Crippen LogP contribution in [-0.2, 0) is 0 Å². The van der Waals surface area contributed by atoms with Crippen molar-refractivity contribution in [2.75, 3.05) is 0 Å². The first kappa shape index (κ1) is 13.0. The fourth-order valence-electron chi connectivity index (χ4n) is 1.61. The van der Waals surface area contributed by atoms with Crippen molar-refractivity contribution in [1.82, 2.24) is 0 Å². The van der Waals surface area contributed by atoms with Crippen LogP contribution < -0.4 is 5.73 Å². The standard InChI is InChI=1S/C11H14BrNO.ClH/c12-9-5-3-7(4-6-9)10(13)11(14)8-1-2-8;/h3-6,8,10-11,14H,1-2,13H2;1H/t10-,11+;/m1./s1. The molecule has 2 nitrogen and oxygen atoms in total. The second kappa shape index (κ2) is 5.30. The summed E-state index contributed by atoms with van der Waals surface area (Å²) in [6.07, 6.45) is 1.85. The molecule has 0 aliphatic heterocycles. The number of aliphatic hydroxyl groups is 1. The maximum Gasteiger partial charge on any atom is 0.0760 e. The Kier molecular flexibility index (Phi) is 4.59. The average Bonchev–Trinajstić information content (AvgIpc) is 3.00. The van der Waals surface area contributed by atoms with Crippen LogP contribution in [0.5, 0.6) is 0 Å². The van der Waals surface area contributed by atoms with Gasteiger partial charge in [0.1, 0.15) is 0 Å². The van der Waals surface area contributed by atoms with E-state index in [2.05, 4.69) is 15.9 Å². The number of nitrogens with two attached hydrogens (primary N) is 1. The van der Waals surface area contributed by atoms with Gasteiger partial charge in [-0.2, -0.15) is 0 Å². The molecule has 2 atom stereocenters. The molecular weight excluding hydrogens is 277 g/mol. The van der Waals surface area contributed by atoms with E-state index in [4.69, 9.17) is 5.73 Å². The van der Waals surface area contributed by atoms with E-state index >= 15 is 0 Å². The van der Waals surface area contributed by atoms with Gasteiger partial charge in [-0.25, -0.2) is 0 Å². The minimum absolute atomic E-state index is 0. The Labute approximate surface area is 104 Å². The molecule has 0 amide bonds. The Hall–Kier alpha value is -0.0900. The molecule has 1 aliphatic carbocycles. The van der Waals surface area contributed by atoms with Crippen molar-refractivity contribution < 1.29 is 5.11 Å². The molecule has 0 aromatic heterocycles. The Bertz CT molecular complexity index is 313. The highest BCUT2D eigenvalue weighted by molar-refractivity contribution is 9.10. The maximum absolute atomic E-state index is 9.84. The first-order valence-electron chi connectivity index (χ1n) is 4.87. The second-order valence-corrected chi connectivity index (χ2v) is 4.82. The van der Waals surface area contributed by atoms with Gasteiger partial charge in [0.25, 0.3) is 0 Å². The molecule has 0 spiro atoms. The molecule has 0 heterocycles. The van der Waals surface area contributed by atoms with Gasteiger partial charge in [-0.05, 0) is 36.5 Å². The maximum atomic E-state index is 9.84. The number of benzene rings is 1. The number of halogens is 2. The van der Waals surface area contributed by atoms with Crippen LogP contribution in [0.1, 0.15) is 24.4 Å². The monoisotopic (exact) mass is 291 g/mol. The molecule has 3 N–H and O–H groups in total. The normalized spacial score (nSPS) is 19.1. The quantitative estimate of drug-likeness (QED) is 0.899. The summed E-state index contributed by atoms with van der Waals surface area (Å²) in [5, 5.41) is 9.84. The number of hydrogen-bond donors (Lipinski definition) is 2. The van der Waals surface area contributed by atoms with Gasteiger partial charge in [0.15, 0.2) is 0 Å². The van der Waals surface area contributed by atoms with E-state index in [1.54, 1.807) is 0 Å². The molecule has 0 radical (unpaired) electrons. The van der Waals surface area contributed by atoms with E-state index in [-0.39, 0.29) is 24.6 Å². The molecule has 1 saturated carbocycles. The van der Waals surface area contributed by atoms with Crippen molar-refractivity contribution in [3.05, 3.63) is 34.3 Å². The topological polar surface area (TPSA) is 46.2 Å². The minimum Gasteiger partial charge on any atom is -0.391 e. The largest absolute Gasteiger partial charge is 0.391 e. The van der Waals surface area contributed by atoms with E-state index in [1.165, 1.54) is 0 Å². The summed E-state index contributed by atoms with van der Waals surface area (Å²) in [5.41, 5.74) is 6.97. The third-order valence-corrected chi connectivity index (χ3v) is 3.26. The van der Waals surface area contributed by atoms with Gasteiger partial charge in [-0.1, -0.05) is 28.1 Å². The number of rotatable bonds is 3. The van der Waals surface area contributed by atoms with Crippen LogP contribution >= 0.6 is 28.3 Å². The second-order valence-electron chi connectivity index (χ2n) is 3.91. The van der Waals surface area contributed by atoms with Crippen LogP contribution in [0.25, 0.3) is 0 Å². The summed E-state index contributed by atoms with van der Waals surface area (Å²) in [4.78, 5) is 0. The van der Waals surface area contributed by atoms with E-state index in [0.717, 1.165) is 22.9 Å². The summed E-state index contributed by atoms with van der Waals surface area (Å²) < 4.78 is 1.04. The SMILES string of the molecule is Cl.N[C@H](c1ccc(Br)cc1)[C@@H](O)C1CC1. The zero-order valence-corrected chi connectivity index (χ0v) is 10.7. The molecule has 0 unspecified atom stereocenters. The lowest BCUT2D eigenvalue weighted by Crippen LogP contribution is -2.27. The Morgan fingerprint density at radius 2 is 1.80 bits per heavy atom. The molecule has 2 rings (SSSR count). The van der Waals surface area contributed by atoms with Crippen LogP contribution in [0.4, 0.5) is 0 Å². The van der Waals surface area contributed by atoms with Gasteiger partial charge in [0, 0.05) is 4.47 Å². The van der Waals surface area contributed by atoms with Crippen molar-refractivity contribution in [2.45, 2.75) is 25.0 Å². The lowest BCUT2D eigenvalue weighted by atomic mass is 9.99. The number of hydrogen-bond acceptors (Lipinski definition) is 2. The summed E-state index contributed by atoms with van der Waals surface area (Å²) in [7, 11) is 0. The molecule has 15 heavy (non-hydrogen) atoms. The van der Waals surface area contributed by atoms with E-state index in [1.807, 2.05) is 24.3 Å². The fraction of sp³-hybridized carbons (Fsp3) is 0.455. The van der Waals surface area contributed by atoms with E-state index in [9.17, 15) is 5.11 Å². The van der Waals surface area contributed by atoms with Crippen LogP contribution in [0.3, 0.4) is 0 Å². The third kappa shape index (κ3) is 3.18. The summed E-state index contributed by atoms with van der Waals surface area (Å²) in [6, 6.07) is 7.58. The zero-order valence-electron chi connectivity index (χ0n) is 8.27. The van der Waals surface area contributed by atoms with Crippen LogP contribution in [-0.4, -0.2) is 11.2 Å². The van der Waals surface area contributed by atoms with Gasteiger partial charge in [0.2, 0.25) is 0 Å². The highest BCUT2D eigenvalue weighted by Crippen LogP contribution is 2.37. The highest BCUT2D eigenvalue weighted by Gasteiger charge is 2.34. The molecule has 0 bridgehead atoms. The lowest BCUT2D eigenvalue weighted by molar-refractivity contribution is 0.122. The summed E-state index contributed by atoms with van der Waals surface area (Å²) >= 11 is 3.37. The lowest BCUT2D eigenvalue weighted by Gasteiger charge is -2.18. The molecule has 1 aliphatic rings. The van der Waals surface area contributed by atoms with E-state index < -0.39 is 0 Å². The molecule has 1 aromatic carbocycles. The van der Waals surface area contributed by atoms with Gasteiger partial charge in [-0.15, -0.1) is 12.4 Å². The third-order valence-electron chi connectivity index (χ3n) is 2.73. The predicted molar refractivity (Wildman–Crippen MR) is 67.0 cm³/mol. The molecule has 1 fully saturated rings. The minimum atomic E-state index is -0.379.